The number of amides is 1. The van der Waals surface area contributed by atoms with Crippen LogP contribution in [0.25, 0.3) is 0 Å². The fourth-order valence-corrected chi connectivity index (χ4v) is 10.3. The first-order chi connectivity index (χ1) is 38.1. The number of hydrogen-bond donors (Lipinski definition) is 9. The van der Waals surface area contributed by atoms with Crippen molar-refractivity contribution in [3.63, 3.8) is 0 Å². The highest BCUT2D eigenvalue weighted by Crippen LogP contribution is 2.30. The van der Waals surface area contributed by atoms with E-state index in [9.17, 15) is 45.6 Å². The minimum absolute atomic E-state index is 0.249. The Bertz CT molecular complexity index is 1490. The Morgan fingerprint density at radius 2 is 0.859 bits per heavy atom. The van der Waals surface area contributed by atoms with Gasteiger partial charge in [-0.15, -0.1) is 0 Å². The third kappa shape index (κ3) is 34.4. The summed E-state index contributed by atoms with van der Waals surface area (Å²) in [4.78, 5) is 13.3. The van der Waals surface area contributed by atoms with Gasteiger partial charge in [0.2, 0.25) is 5.91 Å². The Labute approximate surface area is 473 Å². The van der Waals surface area contributed by atoms with Gasteiger partial charge in [0.25, 0.3) is 0 Å². The van der Waals surface area contributed by atoms with E-state index in [1.165, 1.54) is 186 Å². The van der Waals surface area contributed by atoms with Crippen molar-refractivity contribution < 1.29 is 64.6 Å². The smallest absolute Gasteiger partial charge is 0.220 e. The molecule has 12 atom stereocenters. The standard InChI is InChI=1S/C64H117NO13/c1-3-5-7-9-11-13-15-17-19-21-23-24-25-26-27-28-30-32-34-36-38-40-42-44-46-48-56(69)65-52(53(68)47-45-43-41-39-37-35-33-31-29-22-20-18-16-14-12-10-8-6-4-2)51-75-63-61(74)59(72)62(55(50-67)77-63)78-64-60(73)58(71)57(70)54(49-66)76-64/h15,17,21,23,37,39,45,47,52-55,57-64,66-68,70-74H,3-14,16,18-20,22,24-36,38,40-44,46,48-51H2,1-2H3,(H,65,69)/b17-15-,23-21-,39-37+,47-45+. The molecule has 1 amide bonds. The molecule has 0 saturated carbocycles. The number of hydrogen-bond acceptors (Lipinski definition) is 13. The van der Waals surface area contributed by atoms with Gasteiger partial charge in [-0.3, -0.25) is 4.79 Å². The van der Waals surface area contributed by atoms with Gasteiger partial charge in [0.15, 0.2) is 12.6 Å². The molecule has 2 aliphatic rings. The van der Waals surface area contributed by atoms with E-state index in [0.717, 1.165) is 38.5 Å². The van der Waals surface area contributed by atoms with Crippen molar-refractivity contribution >= 4 is 5.91 Å². The molecule has 78 heavy (non-hydrogen) atoms. The number of aliphatic hydroxyl groups is 8. The molecule has 2 rings (SSSR count). The summed E-state index contributed by atoms with van der Waals surface area (Å²) in [5.41, 5.74) is 0. The highest BCUT2D eigenvalue weighted by Gasteiger charge is 2.51. The molecule has 0 radical (unpaired) electrons. The molecule has 12 unspecified atom stereocenters. The summed E-state index contributed by atoms with van der Waals surface area (Å²) in [6, 6.07) is -0.933. The van der Waals surface area contributed by atoms with Crippen molar-refractivity contribution in [2.45, 2.75) is 331 Å². The molecule has 456 valence electrons. The van der Waals surface area contributed by atoms with Crippen LogP contribution in [0, 0.1) is 0 Å². The van der Waals surface area contributed by atoms with Crippen molar-refractivity contribution in [2.24, 2.45) is 0 Å². The second kappa shape index (κ2) is 49.5. The predicted molar refractivity (Wildman–Crippen MR) is 314 cm³/mol. The van der Waals surface area contributed by atoms with Crippen molar-refractivity contribution in [2.75, 3.05) is 19.8 Å². The number of carbonyl (C=O) groups is 1. The highest BCUT2D eigenvalue weighted by atomic mass is 16.7. The van der Waals surface area contributed by atoms with E-state index < -0.39 is 86.8 Å². The molecule has 2 heterocycles. The number of aliphatic hydroxyl groups excluding tert-OH is 8. The van der Waals surface area contributed by atoms with Crippen LogP contribution in [0.5, 0.6) is 0 Å². The fourth-order valence-electron chi connectivity index (χ4n) is 10.3. The van der Waals surface area contributed by atoms with Gasteiger partial charge in [-0.25, -0.2) is 0 Å². The minimum Gasteiger partial charge on any atom is -0.394 e. The van der Waals surface area contributed by atoms with Gasteiger partial charge in [0.1, 0.15) is 48.8 Å². The van der Waals surface area contributed by atoms with Crippen LogP contribution in [0.1, 0.15) is 258 Å². The summed E-state index contributed by atoms with van der Waals surface area (Å²) >= 11 is 0. The maximum atomic E-state index is 13.3. The zero-order chi connectivity index (χ0) is 56.7. The average molecular weight is 1110 g/mol. The molecule has 0 spiro atoms. The van der Waals surface area contributed by atoms with Crippen molar-refractivity contribution in [1.29, 1.82) is 0 Å². The number of unbranched alkanes of at least 4 members (excludes halogenated alkanes) is 32. The van der Waals surface area contributed by atoms with Gasteiger partial charge >= 0.3 is 0 Å². The van der Waals surface area contributed by atoms with E-state index in [4.69, 9.17) is 18.9 Å². The van der Waals surface area contributed by atoms with E-state index in [0.29, 0.717) is 12.8 Å². The summed E-state index contributed by atoms with van der Waals surface area (Å²) in [6.07, 6.45) is 45.8. The van der Waals surface area contributed by atoms with Crippen LogP contribution in [0.4, 0.5) is 0 Å². The van der Waals surface area contributed by atoms with E-state index in [1.54, 1.807) is 6.08 Å². The number of nitrogens with one attached hydrogen (secondary N) is 1. The Kier molecular flexibility index (Phi) is 45.8. The van der Waals surface area contributed by atoms with Crippen molar-refractivity contribution in [1.82, 2.24) is 5.32 Å². The second-order valence-corrected chi connectivity index (χ2v) is 22.5. The van der Waals surface area contributed by atoms with Crippen LogP contribution in [-0.2, 0) is 23.7 Å². The third-order valence-electron chi connectivity index (χ3n) is 15.5. The molecular weight excluding hydrogens is 991 g/mol. The molecule has 0 aliphatic carbocycles. The molecule has 0 aromatic heterocycles. The first kappa shape index (κ1) is 72.1. The molecule has 14 nitrogen and oxygen atoms in total. The SMILES string of the molecule is CCCCCCC/C=C\C/C=C\CCCCCCCCCCCCCCCC(=O)NC(COC1OC(CO)C(OC2OC(CO)C(O)C(O)C2O)C(O)C1O)C(O)/C=C/CC/C=C/CCCCCCCCCCCCCCC. The van der Waals surface area contributed by atoms with Crippen LogP contribution >= 0.6 is 0 Å². The van der Waals surface area contributed by atoms with Crippen LogP contribution in [0.15, 0.2) is 48.6 Å². The topological polar surface area (TPSA) is 228 Å². The lowest BCUT2D eigenvalue weighted by atomic mass is 9.97. The maximum Gasteiger partial charge on any atom is 0.220 e. The lowest BCUT2D eigenvalue weighted by Crippen LogP contribution is -2.65. The van der Waals surface area contributed by atoms with Crippen LogP contribution in [0.2, 0.25) is 0 Å². The molecule has 14 heteroatoms. The Hall–Kier alpha value is -2.05. The minimum atomic E-state index is -1.79. The quantitative estimate of drug-likeness (QED) is 0.0204. The summed E-state index contributed by atoms with van der Waals surface area (Å²) in [7, 11) is 0. The number of allylic oxidation sites excluding steroid dienone is 7. The van der Waals surface area contributed by atoms with Gasteiger partial charge in [-0.2, -0.15) is 0 Å². The Balaban J connectivity index is 1.74. The average Bonchev–Trinajstić information content (AvgIpc) is 3.44. The first-order valence-electron chi connectivity index (χ1n) is 31.9. The van der Waals surface area contributed by atoms with Gasteiger partial charge in [0.05, 0.1) is 32.0 Å². The monoisotopic (exact) mass is 1110 g/mol. The molecule has 2 fully saturated rings. The van der Waals surface area contributed by atoms with Crippen molar-refractivity contribution in [3.05, 3.63) is 48.6 Å². The maximum absolute atomic E-state index is 13.3. The summed E-state index contributed by atoms with van der Waals surface area (Å²) in [5.74, 6) is -0.249. The molecule has 2 aliphatic heterocycles. The molecule has 2 saturated heterocycles. The normalized spacial score (nSPS) is 24.8. The first-order valence-corrected chi connectivity index (χ1v) is 31.9. The van der Waals surface area contributed by atoms with Gasteiger partial charge < -0.3 is 65.1 Å². The summed E-state index contributed by atoms with van der Waals surface area (Å²) in [6.45, 7) is 2.79. The fraction of sp³-hybridized carbons (Fsp3) is 0.859. The Morgan fingerprint density at radius 1 is 0.462 bits per heavy atom. The van der Waals surface area contributed by atoms with Crippen LogP contribution in [0.3, 0.4) is 0 Å². The predicted octanol–water partition coefficient (Wildman–Crippen LogP) is 11.6. The number of carbonyl (C=O) groups excluding carboxylic acids is 1. The summed E-state index contributed by atoms with van der Waals surface area (Å²) in [5, 5.41) is 87.2. The van der Waals surface area contributed by atoms with Gasteiger partial charge in [0, 0.05) is 6.42 Å². The van der Waals surface area contributed by atoms with Crippen molar-refractivity contribution in [3.8, 4) is 0 Å². The molecule has 9 N–H and O–H groups in total. The number of ether oxygens (including phenoxy) is 4. The van der Waals surface area contributed by atoms with Crippen LogP contribution in [-0.4, -0.2) is 140 Å². The molecule has 0 bridgehead atoms. The van der Waals surface area contributed by atoms with Crippen LogP contribution < -0.4 is 5.32 Å². The number of rotatable bonds is 51. The van der Waals surface area contributed by atoms with E-state index in [-0.39, 0.29) is 18.9 Å². The molecular formula is C64H117NO13. The van der Waals surface area contributed by atoms with E-state index in [2.05, 4.69) is 55.6 Å². The summed E-state index contributed by atoms with van der Waals surface area (Å²) < 4.78 is 22.8. The zero-order valence-corrected chi connectivity index (χ0v) is 49.2. The zero-order valence-electron chi connectivity index (χ0n) is 49.2. The third-order valence-corrected chi connectivity index (χ3v) is 15.5. The Morgan fingerprint density at radius 3 is 1.33 bits per heavy atom. The molecule has 0 aromatic carbocycles. The van der Waals surface area contributed by atoms with Gasteiger partial charge in [-0.1, -0.05) is 236 Å². The van der Waals surface area contributed by atoms with Gasteiger partial charge in [-0.05, 0) is 64.2 Å². The largest absolute Gasteiger partial charge is 0.394 e. The lowest BCUT2D eigenvalue weighted by Gasteiger charge is -2.46. The van der Waals surface area contributed by atoms with E-state index >= 15 is 0 Å². The molecule has 0 aromatic rings. The second-order valence-electron chi connectivity index (χ2n) is 22.5. The van der Waals surface area contributed by atoms with E-state index in [1.807, 2.05) is 6.08 Å². The lowest BCUT2D eigenvalue weighted by molar-refractivity contribution is -0.359. The highest BCUT2D eigenvalue weighted by molar-refractivity contribution is 5.76.